The Labute approximate surface area is 153 Å². The Morgan fingerprint density at radius 2 is 1.80 bits per heavy atom. The highest BCUT2D eigenvalue weighted by atomic mass is 32.2. The van der Waals surface area contributed by atoms with Gasteiger partial charge in [0.25, 0.3) is 5.91 Å². The van der Waals surface area contributed by atoms with Gasteiger partial charge in [-0.1, -0.05) is 18.2 Å². The Morgan fingerprint density at radius 1 is 1.04 bits per heavy atom. The SMILES string of the molecule is O=C(CSCc1cc2ccccc2s1)NNC(=O)c1ccc(O)cc1. The van der Waals surface area contributed by atoms with E-state index in [2.05, 4.69) is 29.1 Å². The number of phenols is 1. The van der Waals surface area contributed by atoms with Crippen LogP contribution in [0.1, 0.15) is 15.2 Å². The lowest BCUT2D eigenvalue weighted by atomic mass is 10.2. The van der Waals surface area contributed by atoms with Crippen LogP contribution in [-0.2, 0) is 10.5 Å². The van der Waals surface area contributed by atoms with E-state index in [0.717, 1.165) is 5.75 Å². The number of thioether (sulfide) groups is 1. The zero-order valence-corrected chi connectivity index (χ0v) is 14.8. The average Bonchev–Trinajstić information content (AvgIpc) is 3.03. The Bertz CT molecular complexity index is 858. The summed E-state index contributed by atoms with van der Waals surface area (Å²) in [5.41, 5.74) is 5.10. The summed E-state index contributed by atoms with van der Waals surface area (Å²) in [6.07, 6.45) is 0. The molecular formula is C18H16N2O3S2. The van der Waals surface area contributed by atoms with Crippen molar-refractivity contribution in [1.82, 2.24) is 10.9 Å². The van der Waals surface area contributed by atoms with E-state index in [-0.39, 0.29) is 17.4 Å². The number of nitrogens with one attached hydrogen (secondary N) is 2. The molecule has 3 N–H and O–H groups in total. The summed E-state index contributed by atoms with van der Waals surface area (Å²) in [6, 6.07) is 16.1. The molecule has 0 bridgehead atoms. The molecule has 7 heteroatoms. The van der Waals surface area contributed by atoms with E-state index in [4.69, 9.17) is 0 Å². The molecule has 0 unspecified atom stereocenters. The average molecular weight is 372 g/mol. The van der Waals surface area contributed by atoms with Crippen molar-refractivity contribution >= 4 is 45.0 Å². The molecule has 5 nitrogen and oxygen atoms in total. The van der Waals surface area contributed by atoms with Crippen LogP contribution in [0.15, 0.2) is 54.6 Å². The summed E-state index contributed by atoms with van der Waals surface area (Å²) in [5.74, 6) is 0.391. The predicted octanol–water partition coefficient (Wildman–Crippen LogP) is 3.30. The summed E-state index contributed by atoms with van der Waals surface area (Å²) >= 11 is 3.22. The van der Waals surface area contributed by atoms with Gasteiger partial charge in [0.2, 0.25) is 5.91 Å². The van der Waals surface area contributed by atoms with Crippen LogP contribution < -0.4 is 10.9 Å². The van der Waals surface area contributed by atoms with Crippen LogP contribution in [0, 0.1) is 0 Å². The van der Waals surface area contributed by atoms with Crippen molar-refractivity contribution < 1.29 is 14.7 Å². The summed E-state index contributed by atoms with van der Waals surface area (Å²) in [7, 11) is 0. The molecule has 128 valence electrons. The molecule has 0 saturated carbocycles. The molecule has 2 amide bonds. The fourth-order valence-electron chi connectivity index (χ4n) is 2.20. The second-order valence-electron chi connectivity index (χ2n) is 5.29. The molecule has 0 radical (unpaired) electrons. The lowest BCUT2D eigenvalue weighted by molar-refractivity contribution is -0.119. The zero-order valence-electron chi connectivity index (χ0n) is 13.2. The first kappa shape index (κ1) is 17.3. The number of hydrogen-bond donors (Lipinski definition) is 3. The molecule has 0 atom stereocenters. The van der Waals surface area contributed by atoms with Gasteiger partial charge in [-0.05, 0) is 41.8 Å². The minimum atomic E-state index is -0.428. The molecule has 0 aliphatic carbocycles. The second kappa shape index (κ2) is 8.04. The van der Waals surface area contributed by atoms with E-state index in [1.807, 2.05) is 12.1 Å². The van der Waals surface area contributed by atoms with E-state index < -0.39 is 5.91 Å². The summed E-state index contributed by atoms with van der Waals surface area (Å²) in [5, 5.41) is 10.4. The van der Waals surface area contributed by atoms with E-state index >= 15 is 0 Å². The number of phenolic OH excluding ortho intramolecular Hbond substituents is 1. The first-order valence-electron chi connectivity index (χ1n) is 7.55. The minimum absolute atomic E-state index is 0.0817. The van der Waals surface area contributed by atoms with Crippen molar-refractivity contribution in [2.24, 2.45) is 0 Å². The van der Waals surface area contributed by atoms with E-state index in [1.54, 1.807) is 11.3 Å². The van der Waals surface area contributed by atoms with Crippen molar-refractivity contribution in [2.75, 3.05) is 5.75 Å². The van der Waals surface area contributed by atoms with Gasteiger partial charge >= 0.3 is 0 Å². The summed E-state index contributed by atoms with van der Waals surface area (Å²) < 4.78 is 1.24. The Hall–Kier alpha value is -2.51. The van der Waals surface area contributed by atoms with E-state index in [1.165, 1.54) is 51.0 Å². The number of carbonyl (C=O) groups excluding carboxylic acids is 2. The predicted molar refractivity (Wildman–Crippen MR) is 102 cm³/mol. The van der Waals surface area contributed by atoms with Gasteiger partial charge in [-0.25, -0.2) is 0 Å². The van der Waals surface area contributed by atoms with E-state index in [0.29, 0.717) is 5.56 Å². The topological polar surface area (TPSA) is 78.4 Å². The Kier molecular flexibility index (Phi) is 5.57. The fourth-order valence-corrected chi connectivity index (χ4v) is 4.19. The van der Waals surface area contributed by atoms with Gasteiger partial charge in [-0.15, -0.1) is 23.1 Å². The van der Waals surface area contributed by atoms with Crippen molar-refractivity contribution in [2.45, 2.75) is 5.75 Å². The molecule has 1 aromatic heterocycles. The van der Waals surface area contributed by atoms with Gasteiger partial charge in [0.15, 0.2) is 0 Å². The number of hydrogen-bond acceptors (Lipinski definition) is 5. The zero-order chi connectivity index (χ0) is 17.6. The number of rotatable bonds is 5. The maximum absolute atomic E-state index is 11.8. The number of carbonyl (C=O) groups is 2. The lowest BCUT2D eigenvalue weighted by Crippen LogP contribution is -2.42. The maximum Gasteiger partial charge on any atom is 0.269 e. The number of aromatic hydroxyl groups is 1. The number of hydrazine groups is 1. The smallest absolute Gasteiger partial charge is 0.269 e. The van der Waals surface area contributed by atoms with Crippen molar-refractivity contribution in [1.29, 1.82) is 0 Å². The first-order valence-corrected chi connectivity index (χ1v) is 9.52. The quantitative estimate of drug-likeness (QED) is 0.601. The number of thiophene rings is 1. The van der Waals surface area contributed by atoms with Crippen molar-refractivity contribution in [3.05, 3.63) is 65.0 Å². The van der Waals surface area contributed by atoms with Gasteiger partial charge in [-0.2, -0.15) is 0 Å². The molecule has 0 aliphatic rings. The highest BCUT2D eigenvalue weighted by Gasteiger charge is 2.08. The van der Waals surface area contributed by atoms with Crippen LogP contribution in [0.5, 0.6) is 5.75 Å². The van der Waals surface area contributed by atoms with E-state index in [9.17, 15) is 14.7 Å². The summed E-state index contributed by atoms with van der Waals surface area (Å²) in [4.78, 5) is 24.9. The van der Waals surface area contributed by atoms with Crippen LogP contribution in [0.3, 0.4) is 0 Å². The number of amides is 2. The minimum Gasteiger partial charge on any atom is -0.508 e. The van der Waals surface area contributed by atoms with Crippen LogP contribution >= 0.6 is 23.1 Å². The number of benzene rings is 2. The van der Waals surface area contributed by atoms with Gasteiger partial charge in [-0.3, -0.25) is 20.4 Å². The molecule has 0 saturated heterocycles. The van der Waals surface area contributed by atoms with Crippen LogP contribution in [-0.4, -0.2) is 22.7 Å². The molecule has 3 rings (SSSR count). The summed E-state index contributed by atoms with van der Waals surface area (Å²) in [6.45, 7) is 0. The molecule has 0 fully saturated rings. The molecule has 1 heterocycles. The molecule has 0 aliphatic heterocycles. The molecule has 0 spiro atoms. The first-order chi connectivity index (χ1) is 12.1. The molecular weight excluding hydrogens is 356 g/mol. The Morgan fingerprint density at radius 3 is 2.56 bits per heavy atom. The lowest BCUT2D eigenvalue weighted by Gasteiger charge is -2.07. The monoisotopic (exact) mass is 372 g/mol. The van der Waals surface area contributed by atoms with Crippen LogP contribution in [0.2, 0.25) is 0 Å². The molecule has 2 aromatic carbocycles. The standard InChI is InChI=1S/C18H16N2O3S2/c21-14-7-5-12(6-8-14)18(23)20-19-17(22)11-24-10-15-9-13-3-1-2-4-16(13)25-15/h1-9,21H,10-11H2,(H,19,22)(H,20,23). The third-order valence-electron chi connectivity index (χ3n) is 3.40. The molecule has 25 heavy (non-hydrogen) atoms. The maximum atomic E-state index is 11.8. The van der Waals surface area contributed by atoms with Crippen molar-refractivity contribution in [3.63, 3.8) is 0 Å². The molecule has 3 aromatic rings. The van der Waals surface area contributed by atoms with Gasteiger partial charge < -0.3 is 5.11 Å². The third-order valence-corrected chi connectivity index (χ3v) is 5.68. The van der Waals surface area contributed by atoms with Crippen LogP contribution in [0.25, 0.3) is 10.1 Å². The van der Waals surface area contributed by atoms with Gasteiger partial charge in [0.1, 0.15) is 5.75 Å². The highest BCUT2D eigenvalue weighted by Crippen LogP contribution is 2.28. The normalized spacial score (nSPS) is 10.6. The second-order valence-corrected chi connectivity index (χ2v) is 7.45. The van der Waals surface area contributed by atoms with Crippen molar-refractivity contribution in [3.8, 4) is 5.75 Å². The number of fused-ring (bicyclic) bond motifs is 1. The largest absolute Gasteiger partial charge is 0.508 e. The fraction of sp³-hybridized carbons (Fsp3) is 0.111. The van der Waals surface area contributed by atoms with Gasteiger partial charge in [0.05, 0.1) is 5.75 Å². The van der Waals surface area contributed by atoms with Crippen LogP contribution in [0.4, 0.5) is 0 Å². The highest BCUT2D eigenvalue weighted by molar-refractivity contribution is 7.99. The third kappa shape index (κ3) is 4.74. The Balaban J connectivity index is 1.42. The van der Waals surface area contributed by atoms with Gasteiger partial charge in [0, 0.05) is 20.9 Å².